The first-order valence-corrected chi connectivity index (χ1v) is 8.04. The van der Waals surface area contributed by atoms with Gasteiger partial charge in [0.05, 0.1) is 13.7 Å². The smallest absolute Gasteiger partial charge is 0.281 e. The number of piperidine rings is 1. The van der Waals surface area contributed by atoms with Gasteiger partial charge in [-0.05, 0) is 12.8 Å². The Morgan fingerprint density at radius 3 is 2.57 bits per heavy atom. The van der Waals surface area contributed by atoms with Gasteiger partial charge < -0.3 is 9.47 Å². The summed E-state index contributed by atoms with van der Waals surface area (Å²) in [6, 6.07) is 0. The summed E-state index contributed by atoms with van der Waals surface area (Å²) in [6.07, 6.45) is 4.25. The van der Waals surface area contributed by atoms with Crippen LogP contribution in [0.5, 0.6) is 11.8 Å². The zero-order valence-electron chi connectivity index (χ0n) is 12.4. The van der Waals surface area contributed by atoms with E-state index in [1.807, 2.05) is 0 Å². The van der Waals surface area contributed by atoms with Gasteiger partial charge in [-0.15, -0.1) is 0 Å². The van der Waals surface area contributed by atoms with E-state index in [2.05, 4.69) is 9.97 Å². The van der Waals surface area contributed by atoms with Crippen LogP contribution in [0.15, 0.2) is 12.4 Å². The predicted molar refractivity (Wildman–Crippen MR) is 76.4 cm³/mol. The number of rotatable bonds is 5. The highest BCUT2D eigenvalue weighted by atomic mass is 32.2. The van der Waals surface area contributed by atoms with Crippen molar-refractivity contribution in [3.63, 3.8) is 0 Å². The minimum atomic E-state index is -3.42. The van der Waals surface area contributed by atoms with Crippen molar-refractivity contribution in [2.75, 3.05) is 34.3 Å². The van der Waals surface area contributed by atoms with E-state index in [0.29, 0.717) is 19.0 Å². The number of aromatic nitrogens is 2. The van der Waals surface area contributed by atoms with Crippen LogP contribution >= 0.6 is 0 Å². The normalized spacial score (nSPS) is 20.5. The second-order valence-electron chi connectivity index (χ2n) is 4.90. The molecule has 1 aromatic rings. The molecule has 2 heterocycles. The largest absolute Gasteiger partial charge is 0.477 e. The van der Waals surface area contributed by atoms with Crippen molar-refractivity contribution in [1.82, 2.24) is 18.6 Å². The second kappa shape index (κ2) is 6.54. The Bertz CT molecular complexity index is 578. The van der Waals surface area contributed by atoms with Crippen molar-refractivity contribution in [1.29, 1.82) is 0 Å². The van der Waals surface area contributed by atoms with Gasteiger partial charge in [-0.25, -0.2) is 9.97 Å². The van der Waals surface area contributed by atoms with Gasteiger partial charge >= 0.3 is 0 Å². The zero-order valence-corrected chi connectivity index (χ0v) is 13.2. The third kappa shape index (κ3) is 3.60. The summed E-state index contributed by atoms with van der Waals surface area (Å²) < 4.78 is 37.8. The first-order valence-electron chi connectivity index (χ1n) is 6.64. The Balaban J connectivity index is 2.08. The Morgan fingerprint density at radius 1 is 1.29 bits per heavy atom. The van der Waals surface area contributed by atoms with Gasteiger partial charge in [0.2, 0.25) is 0 Å². The van der Waals surface area contributed by atoms with Crippen molar-refractivity contribution in [3.8, 4) is 11.8 Å². The number of hydrogen-bond acceptors (Lipinski definition) is 6. The molecule has 1 unspecified atom stereocenters. The average molecular weight is 316 g/mol. The summed E-state index contributed by atoms with van der Waals surface area (Å²) in [4.78, 5) is 8.09. The molecule has 1 atom stereocenters. The summed E-state index contributed by atoms with van der Waals surface area (Å²) in [5.41, 5.74) is 0. The van der Waals surface area contributed by atoms with Crippen molar-refractivity contribution in [3.05, 3.63) is 12.4 Å². The molecule has 2 rings (SSSR count). The molecule has 9 heteroatoms. The molecular formula is C12H20N4O4S. The lowest BCUT2D eigenvalue weighted by Crippen LogP contribution is -2.48. The number of hydrogen-bond donors (Lipinski definition) is 0. The second-order valence-corrected chi connectivity index (χ2v) is 7.04. The van der Waals surface area contributed by atoms with Gasteiger partial charge in [0.15, 0.2) is 0 Å². The summed E-state index contributed by atoms with van der Waals surface area (Å²) in [7, 11) is 1.10. The number of ether oxygens (including phenoxy) is 2. The molecule has 0 N–H and O–H groups in total. The molecule has 1 aliphatic heterocycles. The highest BCUT2D eigenvalue weighted by Gasteiger charge is 2.31. The third-order valence-electron chi connectivity index (χ3n) is 3.23. The maximum absolute atomic E-state index is 12.2. The van der Waals surface area contributed by atoms with Crippen molar-refractivity contribution in [2.45, 2.75) is 18.9 Å². The van der Waals surface area contributed by atoms with E-state index in [0.717, 1.165) is 12.8 Å². The third-order valence-corrected chi connectivity index (χ3v) is 5.14. The van der Waals surface area contributed by atoms with Gasteiger partial charge in [0.1, 0.15) is 6.10 Å². The fraction of sp³-hybridized carbons (Fsp3) is 0.667. The molecule has 1 fully saturated rings. The molecule has 0 aliphatic carbocycles. The summed E-state index contributed by atoms with van der Waals surface area (Å²) in [6.45, 7) is 0.790. The molecule has 0 spiro atoms. The van der Waals surface area contributed by atoms with E-state index in [1.165, 1.54) is 42.2 Å². The molecular weight excluding hydrogens is 296 g/mol. The van der Waals surface area contributed by atoms with E-state index in [1.54, 1.807) is 0 Å². The average Bonchev–Trinajstić information content (AvgIpc) is 2.48. The summed E-state index contributed by atoms with van der Waals surface area (Å²) in [5.74, 6) is 0.583. The predicted octanol–water partition coefficient (Wildman–Crippen LogP) is 0.135. The Kier molecular flexibility index (Phi) is 4.96. The van der Waals surface area contributed by atoms with Crippen molar-refractivity contribution >= 4 is 10.2 Å². The van der Waals surface area contributed by atoms with Crippen LogP contribution in [-0.2, 0) is 10.2 Å². The van der Waals surface area contributed by atoms with Gasteiger partial charge in [0.25, 0.3) is 22.0 Å². The number of methoxy groups -OCH3 is 1. The summed E-state index contributed by atoms with van der Waals surface area (Å²) in [5, 5.41) is 0. The zero-order chi connectivity index (χ0) is 15.5. The van der Waals surface area contributed by atoms with Crippen molar-refractivity contribution in [2.24, 2.45) is 0 Å². The van der Waals surface area contributed by atoms with Crippen LogP contribution in [0.1, 0.15) is 12.8 Å². The fourth-order valence-electron chi connectivity index (χ4n) is 2.13. The lowest BCUT2D eigenvalue weighted by molar-refractivity contribution is 0.117. The van der Waals surface area contributed by atoms with Crippen LogP contribution in [0, 0.1) is 0 Å². The van der Waals surface area contributed by atoms with Gasteiger partial charge in [-0.3, -0.25) is 0 Å². The van der Waals surface area contributed by atoms with Crippen LogP contribution in [-0.4, -0.2) is 67.4 Å². The molecule has 0 aromatic carbocycles. The minimum absolute atomic E-state index is 0.265. The van der Waals surface area contributed by atoms with Gasteiger partial charge in [-0.2, -0.15) is 17.0 Å². The molecule has 1 aliphatic rings. The van der Waals surface area contributed by atoms with Crippen LogP contribution in [0.25, 0.3) is 0 Å². The molecule has 1 aromatic heterocycles. The van der Waals surface area contributed by atoms with E-state index in [4.69, 9.17) is 9.47 Å². The van der Waals surface area contributed by atoms with E-state index in [-0.39, 0.29) is 12.0 Å². The molecule has 0 bridgehead atoms. The van der Waals surface area contributed by atoms with Gasteiger partial charge in [-0.1, -0.05) is 0 Å². The molecule has 118 valence electrons. The van der Waals surface area contributed by atoms with Crippen LogP contribution in [0.4, 0.5) is 0 Å². The topological polar surface area (TPSA) is 84.9 Å². The first-order chi connectivity index (χ1) is 9.95. The minimum Gasteiger partial charge on any atom is -0.477 e. The maximum atomic E-state index is 12.2. The fourth-order valence-corrected chi connectivity index (χ4v) is 3.31. The molecule has 0 saturated carbocycles. The molecule has 21 heavy (non-hydrogen) atoms. The first kappa shape index (κ1) is 15.9. The monoisotopic (exact) mass is 316 g/mol. The van der Waals surface area contributed by atoms with Crippen LogP contribution in [0.3, 0.4) is 0 Å². The van der Waals surface area contributed by atoms with Crippen molar-refractivity contribution < 1.29 is 17.9 Å². The van der Waals surface area contributed by atoms with E-state index in [9.17, 15) is 8.42 Å². The summed E-state index contributed by atoms with van der Waals surface area (Å²) >= 11 is 0. The highest BCUT2D eigenvalue weighted by molar-refractivity contribution is 7.86. The SMILES string of the molecule is COc1nccnc1OC1CCCN(S(=O)(=O)N(C)C)C1. The van der Waals surface area contributed by atoms with E-state index >= 15 is 0 Å². The molecule has 0 radical (unpaired) electrons. The van der Waals surface area contributed by atoms with Crippen LogP contribution in [0.2, 0.25) is 0 Å². The quantitative estimate of drug-likeness (QED) is 0.768. The highest BCUT2D eigenvalue weighted by Crippen LogP contribution is 2.24. The van der Waals surface area contributed by atoms with Gasteiger partial charge in [0, 0.05) is 33.0 Å². The Morgan fingerprint density at radius 2 is 1.95 bits per heavy atom. The Labute approximate surface area is 124 Å². The van der Waals surface area contributed by atoms with Crippen LogP contribution < -0.4 is 9.47 Å². The lowest BCUT2D eigenvalue weighted by Gasteiger charge is -2.33. The maximum Gasteiger partial charge on any atom is 0.281 e. The number of nitrogens with zero attached hydrogens (tertiary/aromatic N) is 4. The molecule has 0 amide bonds. The molecule has 1 saturated heterocycles. The standard InChI is InChI=1S/C12H20N4O4S/c1-15(2)21(17,18)16-8-4-5-10(9-16)20-12-11(19-3)13-6-7-14-12/h6-7,10H,4-5,8-9H2,1-3H3. The Hall–Kier alpha value is -1.45. The molecule has 8 nitrogen and oxygen atoms in total. The van der Waals surface area contributed by atoms with E-state index < -0.39 is 10.2 Å². The lowest BCUT2D eigenvalue weighted by atomic mass is 10.1.